The number of hydrogen-bond donors (Lipinski definition) is 0. The zero-order chi connectivity index (χ0) is 13.0. The van der Waals surface area contributed by atoms with Gasteiger partial charge >= 0.3 is 0 Å². The second kappa shape index (κ2) is 6.21. The molecule has 1 unspecified atom stereocenters. The van der Waals surface area contributed by atoms with Gasteiger partial charge < -0.3 is 9.64 Å². The van der Waals surface area contributed by atoms with Crippen molar-refractivity contribution in [2.24, 2.45) is 0 Å². The summed E-state index contributed by atoms with van der Waals surface area (Å²) in [4.78, 5) is 2.39. The van der Waals surface area contributed by atoms with Gasteiger partial charge in [-0.2, -0.15) is 5.26 Å². The third kappa shape index (κ3) is 3.47. The molecule has 4 heteroatoms. The van der Waals surface area contributed by atoms with Crippen molar-refractivity contribution < 1.29 is 4.74 Å². The summed E-state index contributed by atoms with van der Waals surface area (Å²) in [5.74, 6) is 0.765. The van der Waals surface area contributed by atoms with Crippen LogP contribution in [0.25, 0.3) is 0 Å². The molecule has 0 bridgehead atoms. The van der Waals surface area contributed by atoms with Crippen LogP contribution in [0.4, 0.5) is 0 Å². The number of nitriles is 1. The zero-order valence-corrected chi connectivity index (χ0v) is 12.1. The Kier molecular flexibility index (Phi) is 4.62. The third-order valence-electron chi connectivity index (χ3n) is 3.39. The number of halogens is 1. The summed E-state index contributed by atoms with van der Waals surface area (Å²) in [6, 6.07) is 8.25. The van der Waals surface area contributed by atoms with Crippen LogP contribution in [-0.2, 0) is 0 Å². The van der Waals surface area contributed by atoms with E-state index in [1.807, 2.05) is 6.07 Å². The van der Waals surface area contributed by atoms with Crippen LogP contribution < -0.4 is 4.74 Å². The minimum absolute atomic E-state index is 0.623. The minimum atomic E-state index is 0.623. The van der Waals surface area contributed by atoms with Gasteiger partial charge in [-0.15, -0.1) is 0 Å². The summed E-state index contributed by atoms with van der Waals surface area (Å²) in [5.41, 5.74) is 0.623. The molecule has 0 aliphatic carbocycles. The maximum absolute atomic E-state index is 8.89. The summed E-state index contributed by atoms with van der Waals surface area (Å²) < 4.78 is 6.62. The summed E-state index contributed by atoms with van der Waals surface area (Å²) in [7, 11) is 2.17. The highest BCUT2D eigenvalue weighted by molar-refractivity contribution is 9.10. The molecule has 1 aromatic rings. The Morgan fingerprint density at radius 2 is 2.33 bits per heavy atom. The normalized spacial score (nSPS) is 19.7. The van der Waals surface area contributed by atoms with Gasteiger partial charge in [0.2, 0.25) is 0 Å². The molecule has 96 valence electrons. The summed E-state index contributed by atoms with van der Waals surface area (Å²) in [5, 5.41) is 8.89. The summed E-state index contributed by atoms with van der Waals surface area (Å²) >= 11 is 3.38. The molecule has 0 amide bonds. The lowest BCUT2D eigenvalue weighted by Crippen LogP contribution is -2.26. The fourth-order valence-electron chi connectivity index (χ4n) is 2.37. The number of rotatable bonds is 4. The van der Waals surface area contributed by atoms with E-state index in [1.165, 1.54) is 19.4 Å². The highest BCUT2D eigenvalue weighted by Crippen LogP contribution is 2.22. The molecule has 0 saturated carbocycles. The first kappa shape index (κ1) is 13.4. The predicted molar refractivity (Wildman–Crippen MR) is 74.6 cm³/mol. The molecule has 0 spiro atoms. The molecule has 1 heterocycles. The van der Waals surface area contributed by atoms with Crippen LogP contribution in [0.15, 0.2) is 22.7 Å². The molecule has 1 fully saturated rings. The van der Waals surface area contributed by atoms with E-state index >= 15 is 0 Å². The minimum Gasteiger partial charge on any atom is -0.493 e. The van der Waals surface area contributed by atoms with Crippen molar-refractivity contribution in [3.8, 4) is 11.8 Å². The molecule has 18 heavy (non-hydrogen) atoms. The van der Waals surface area contributed by atoms with E-state index in [2.05, 4.69) is 33.9 Å². The van der Waals surface area contributed by atoms with Gasteiger partial charge in [-0.05, 0) is 51.1 Å². The fraction of sp³-hybridized carbons (Fsp3) is 0.500. The standard InChI is InChI=1S/C14H17BrN2O/c1-17-5-2-3-13(17)4-6-18-14-8-11(10-16)7-12(15)9-14/h7-9,13H,2-6H2,1H3. The van der Waals surface area contributed by atoms with Crippen molar-refractivity contribution in [1.29, 1.82) is 5.26 Å². The largest absolute Gasteiger partial charge is 0.493 e. The number of ether oxygens (including phenoxy) is 1. The first-order valence-corrected chi connectivity index (χ1v) is 7.02. The molecule has 1 aliphatic heterocycles. The first-order chi connectivity index (χ1) is 8.69. The molecule has 1 aliphatic rings. The van der Waals surface area contributed by atoms with Gasteiger partial charge in [0.25, 0.3) is 0 Å². The van der Waals surface area contributed by atoms with Crippen molar-refractivity contribution in [3.05, 3.63) is 28.2 Å². The highest BCUT2D eigenvalue weighted by atomic mass is 79.9. The molecule has 3 nitrogen and oxygen atoms in total. The lowest BCUT2D eigenvalue weighted by atomic mass is 10.1. The van der Waals surface area contributed by atoms with E-state index in [4.69, 9.17) is 10.00 Å². The number of likely N-dealkylation sites (tertiary alicyclic amines) is 1. The molecule has 2 rings (SSSR count). The Balaban J connectivity index is 1.86. The zero-order valence-electron chi connectivity index (χ0n) is 10.5. The Morgan fingerprint density at radius 3 is 3.00 bits per heavy atom. The van der Waals surface area contributed by atoms with Gasteiger partial charge in [-0.25, -0.2) is 0 Å². The quantitative estimate of drug-likeness (QED) is 0.857. The molecule has 1 aromatic carbocycles. The Hall–Kier alpha value is -1.05. The van der Waals surface area contributed by atoms with Crippen molar-refractivity contribution in [2.75, 3.05) is 20.2 Å². The van der Waals surface area contributed by atoms with Gasteiger partial charge in [-0.3, -0.25) is 0 Å². The predicted octanol–water partition coefficient (Wildman–Crippen LogP) is 3.18. The molecule has 0 radical (unpaired) electrons. The monoisotopic (exact) mass is 308 g/mol. The number of hydrogen-bond acceptors (Lipinski definition) is 3. The van der Waals surface area contributed by atoms with E-state index in [0.717, 1.165) is 16.6 Å². The molecule has 0 aromatic heterocycles. The fourth-order valence-corrected chi connectivity index (χ4v) is 2.84. The van der Waals surface area contributed by atoms with Crippen LogP contribution >= 0.6 is 15.9 Å². The molecular formula is C14H17BrN2O. The van der Waals surface area contributed by atoms with Crippen molar-refractivity contribution in [1.82, 2.24) is 4.90 Å². The van der Waals surface area contributed by atoms with Gasteiger partial charge in [-0.1, -0.05) is 15.9 Å². The second-order valence-corrected chi connectivity index (χ2v) is 5.62. The van der Waals surface area contributed by atoms with Crippen LogP contribution in [-0.4, -0.2) is 31.1 Å². The Morgan fingerprint density at radius 1 is 1.50 bits per heavy atom. The molecule has 0 N–H and O–H groups in total. The lowest BCUT2D eigenvalue weighted by molar-refractivity contribution is 0.233. The van der Waals surface area contributed by atoms with Crippen LogP contribution in [0.3, 0.4) is 0 Å². The van der Waals surface area contributed by atoms with Crippen LogP contribution in [0, 0.1) is 11.3 Å². The molecule has 1 saturated heterocycles. The second-order valence-electron chi connectivity index (χ2n) is 4.70. The van der Waals surface area contributed by atoms with E-state index in [-0.39, 0.29) is 0 Å². The lowest BCUT2D eigenvalue weighted by Gasteiger charge is -2.19. The average molecular weight is 309 g/mol. The maximum Gasteiger partial charge on any atom is 0.121 e. The molecule has 1 atom stereocenters. The van der Waals surface area contributed by atoms with E-state index < -0.39 is 0 Å². The van der Waals surface area contributed by atoms with E-state index in [1.54, 1.807) is 12.1 Å². The van der Waals surface area contributed by atoms with Crippen molar-refractivity contribution >= 4 is 15.9 Å². The average Bonchev–Trinajstić information content (AvgIpc) is 2.74. The smallest absolute Gasteiger partial charge is 0.121 e. The van der Waals surface area contributed by atoms with Gasteiger partial charge in [0, 0.05) is 10.5 Å². The van der Waals surface area contributed by atoms with Crippen molar-refractivity contribution in [2.45, 2.75) is 25.3 Å². The van der Waals surface area contributed by atoms with Crippen molar-refractivity contribution in [3.63, 3.8) is 0 Å². The Bertz CT molecular complexity index is 456. The summed E-state index contributed by atoms with van der Waals surface area (Å²) in [6.45, 7) is 1.90. The third-order valence-corrected chi connectivity index (χ3v) is 3.85. The number of nitrogens with zero attached hydrogens (tertiary/aromatic N) is 2. The van der Waals surface area contributed by atoms with Crippen LogP contribution in [0.5, 0.6) is 5.75 Å². The summed E-state index contributed by atoms with van der Waals surface area (Å²) in [6.07, 6.45) is 3.60. The Labute approximate surface area is 116 Å². The van der Waals surface area contributed by atoms with E-state index in [0.29, 0.717) is 18.2 Å². The van der Waals surface area contributed by atoms with E-state index in [9.17, 15) is 0 Å². The van der Waals surface area contributed by atoms with Gasteiger partial charge in [0.1, 0.15) is 5.75 Å². The van der Waals surface area contributed by atoms with Crippen LogP contribution in [0.1, 0.15) is 24.8 Å². The van der Waals surface area contributed by atoms with Crippen LogP contribution in [0.2, 0.25) is 0 Å². The maximum atomic E-state index is 8.89. The first-order valence-electron chi connectivity index (χ1n) is 6.23. The highest BCUT2D eigenvalue weighted by Gasteiger charge is 2.20. The SMILES string of the molecule is CN1CCCC1CCOc1cc(Br)cc(C#N)c1. The topological polar surface area (TPSA) is 36.3 Å². The van der Waals surface area contributed by atoms with Gasteiger partial charge in [0.15, 0.2) is 0 Å². The van der Waals surface area contributed by atoms with Gasteiger partial charge in [0.05, 0.1) is 18.2 Å². The molecular weight excluding hydrogens is 292 g/mol. The number of benzene rings is 1.